The molecule has 0 spiro atoms. The number of nitrogen functional groups attached to an aromatic ring is 1. The Morgan fingerprint density at radius 1 is 1.10 bits per heavy atom. The highest BCUT2D eigenvalue weighted by Gasteiger charge is 2.18. The number of carbonyl (C=O) groups is 1. The number of nitrogens with two attached hydrogens (primary N) is 1. The minimum absolute atomic E-state index is 0.0139. The van der Waals surface area contributed by atoms with E-state index in [9.17, 15) is 14.9 Å². The van der Waals surface area contributed by atoms with E-state index in [1.54, 1.807) is 0 Å². The van der Waals surface area contributed by atoms with E-state index in [4.69, 9.17) is 15.2 Å². The number of amides is 1. The van der Waals surface area contributed by atoms with Crippen molar-refractivity contribution in [3.8, 4) is 11.5 Å². The fourth-order valence-corrected chi connectivity index (χ4v) is 2.66. The highest BCUT2D eigenvalue weighted by atomic mass is 16.6. The molecule has 1 atom stereocenters. The highest BCUT2D eigenvalue weighted by molar-refractivity contribution is 5.95. The quantitative estimate of drug-likeness (QED) is 0.349. The number of carbonyl (C=O) groups excluding carboxylic acids is 1. The number of nitro benzene ring substituents is 1. The molecule has 2 rings (SSSR count). The first-order chi connectivity index (χ1) is 13.9. The summed E-state index contributed by atoms with van der Waals surface area (Å²) in [7, 11) is 0. The smallest absolute Gasteiger partial charge is 0.292 e. The normalized spacial score (nSPS) is 11.6. The SMILES string of the molecule is CCCOc1ccc(C(C)NC(=O)c2ccc(N)c([N+](=O)[O-])c2)cc1OCCC. The van der Waals surface area contributed by atoms with Gasteiger partial charge in [-0.25, -0.2) is 0 Å². The minimum Gasteiger partial charge on any atom is -0.490 e. The molecule has 0 aromatic heterocycles. The Kier molecular flexibility index (Phi) is 7.82. The molecule has 2 aromatic rings. The van der Waals surface area contributed by atoms with Crippen LogP contribution in [0.3, 0.4) is 0 Å². The summed E-state index contributed by atoms with van der Waals surface area (Å²) < 4.78 is 11.5. The molecule has 2 aromatic carbocycles. The van der Waals surface area contributed by atoms with Gasteiger partial charge in [-0.05, 0) is 49.6 Å². The second-order valence-corrected chi connectivity index (χ2v) is 6.63. The standard InChI is InChI=1S/C21H27N3O5/c1-4-10-28-19-9-7-15(13-20(19)29-11-5-2)14(3)23-21(25)16-6-8-17(22)18(12-16)24(26)27/h6-9,12-14H,4-5,10-11,22H2,1-3H3,(H,23,25). The first-order valence-corrected chi connectivity index (χ1v) is 9.61. The van der Waals surface area contributed by atoms with Gasteiger partial charge in [0.15, 0.2) is 11.5 Å². The lowest BCUT2D eigenvalue weighted by atomic mass is 10.1. The molecule has 156 valence electrons. The molecule has 0 aliphatic rings. The molecule has 0 heterocycles. The molecule has 8 heteroatoms. The van der Waals surface area contributed by atoms with E-state index in [-0.39, 0.29) is 23.0 Å². The van der Waals surface area contributed by atoms with Crippen LogP contribution >= 0.6 is 0 Å². The number of rotatable bonds is 10. The average Bonchev–Trinajstić information content (AvgIpc) is 2.70. The molecule has 0 saturated carbocycles. The summed E-state index contributed by atoms with van der Waals surface area (Å²) in [6.07, 6.45) is 1.74. The number of nitro groups is 1. The van der Waals surface area contributed by atoms with Gasteiger partial charge in [-0.15, -0.1) is 0 Å². The lowest BCUT2D eigenvalue weighted by Gasteiger charge is -2.18. The summed E-state index contributed by atoms with van der Waals surface area (Å²) in [6.45, 7) is 7.02. The van der Waals surface area contributed by atoms with Gasteiger partial charge in [0.05, 0.1) is 24.2 Å². The molecule has 0 bridgehead atoms. The lowest BCUT2D eigenvalue weighted by molar-refractivity contribution is -0.383. The second kappa shape index (κ2) is 10.3. The lowest BCUT2D eigenvalue weighted by Crippen LogP contribution is -2.26. The van der Waals surface area contributed by atoms with Crippen LogP contribution in [0, 0.1) is 10.1 Å². The Balaban J connectivity index is 2.18. The van der Waals surface area contributed by atoms with E-state index >= 15 is 0 Å². The van der Waals surface area contributed by atoms with Gasteiger partial charge in [0.2, 0.25) is 0 Å². The molecule has 0 aliphatic heterocycles. The van der Waals surface area contributed by atoms with Gasteiger partial charge in [0.1, 0.15) is 5.69 Å². The molecule has 3 N–H and O–H groups in total. The van der Waals surface area contributed by atoms with Gasteiger partial charge in [0, 0.05) is 11.6 Å². The maximum atomic E-state index is 12.5. The zero-order chi connectivity index (χ0) is 21.4. The summed E-state index contributed by atoms with van der Waals surface area (Å²) in [6, 6.07) is 9.18. The first-order valence-electron chi connectivity index (χ1n) is 9.61. The van der Waals surface area contributed by atoms with Gasteiger partial charge in [-0.3, -0.25) is 14.9 Å². The third kappa shape index (κ3) is 5.84. The van der Waals surface area contributed by atoms with Crippen LogP contribution in [0.4, 0.5) is 11.4 Å². The average molecular weight is 401 g/mol. The molecular formula is C21H27N3O5. The number of nitrogens with zero attached hydrogens (tertiary/aromatic N) is 1. The summed E-state index contributed by atoms with van der Waals surface area (Å²) >= 11 is 0. The van der Waals surface area contributed by atoms with Crippen LogP contribution in [0.2, 0.25) is 0 Å². The first kappa shape index (κ1) is 22.0. The fourth-order valence-electron chi connectivity index (χ4n) is 2.66. The molecule has 0 radical (unpaired) electrons. The van der Waals surface area contributed by atoms with Crippen LogP contribution in [-0.2, 0) is 0 Å². The van der Waals surface area contributed by atoms with Crippen LogP contribution in [0.1, 0.15) is 55.6 Å². The molecule has 0 aliphatic carbocycles. The molecule has 1 unspecified atom stereocenters. The minimum atomic E-state index is -0.609. The zero-order valence-corrected chi connectivity index (χ0v) is 16.9. The third-order valence-electron chi connectivity index (χ3n) is 4.23. The third-order valence-corrected chi connectivity index (χ3v) is 4.23. The predicted molar refractivity (Wildman–Crippen MR) is 111 cm³/mol. The maximum Gasteiger partial charge on any atom is 0.292 e. The van der Waals surface area contributed by atoms with Crippen molar-refractivity contribution < 1.29 is 19.2 Å². The molecule has 8 nitrogen and oxygen atoms in total. The largest absolute Gasteiger partial charge is 0.490 e. The Morgan fingerprint density at radius 3 is 2.38 bits per heavy atom. The van der Waals surface area contributed by atoms with Crippen molar-refractivity contribution in [3.05, 3.63) is 57.6 Å². The van der Waals surface area contributed by atoms with Gasteiger partial charge in [-0.1, -0.05) is 19.9 Å². The Bertz CT molecular complexity index is 869. The van der Waals surface area contributed by atoms with Crippen molar-refractivity contribution in [1.29, 1.82) is 0 Å². The summed E-state index contributed by atoms with van der Waals surface area (Å²) in [4.78, 5) is 23.0. The van der Waals surface area contributed by atoms with Gasteiger partial charge in [-0.2, -0.15) is 0 Å². The Labute approximate surface area is 170 Å². The number of hydrogen-bond acceptors (Lipinski definition) is 6. The van der Waals surface area contributed by atoms with Crippen molar-refractivity contribution in [2.75, 3.05) is 18.9 Å². The molecule has 0 fully saturated rings. The number of benzene rings is 2. The summed E-state index contributed by atoms with van der Waals surface area (Å²) in [5, 5.41) is 13.9. The molecule has 29 heavy (non-hydrogen) atoms. The van der Waals surface area contributed by atoms with E-state index in [2.05, 4.69) is 5.32 Å². The van der Waals surface area contributed by atoms with Crippen molar-refractivity contribution >= 4 is 17.3 Å². The summed E-state index contributed by atoms with van der Waals surface area (Å²) in [5.41, 5.74) is 6.31. The van der Waals surface area contributed by atoms with Gasteiger partial charge in [0.25, 0.3) is 11.6 Å². The van der Waals surface area contributed by atoms with Crippen molar-refractivity contribution in [3.63, 3.8) is 0 Å². The van der Waals surface area contributed by atoms with E-state index in [1.165, 1.54) is 18.2 Å². The van der Waals surface area contributed by atoms with E-state index in [1.807, 2.05) is 39.0 Å². The second-order valence-electron chi connectivity index (χ2n) is 6.63. The zero-order valence-electron chi connectivity index (χ0n) is 16.9. The molecule has 1 amide bonds. The van der Waals surface area contributed by atoms with Crippen molar-refractivity contribution in [2.45, 2.75) is 39.7 Å². The van der Waals surface area contributed by atoms with Crippen LogP contribution in [0.25, 0.3) is 0 Å². The number of anilines is 1. The van der Waals surface area contributed by atoms with Crippen molar-refractivity contribution in [1.82, 2.24) is 5.32 Å². The van der Waals surface area contributed by atoms with E-state index in [0.29, 0.717) is 24.7 Å². The van der Waals surface area contributed by atoms with Crippen LogP contribution in [0.15, 0.2) is 36.4 Å². The fraction of sp³-hybridized carbons (Fsp3) is 0.381. The number of hydrogen-bond donors (Lipinski definition) is 2. The Morgan fingerprint density at radius 2 is 1.76 bits per heavy atom. The summed E-state index contributed by atoms with van der Waals surface area (Å²) in [5.74, 6) is 0.863. The molecular weight excluding hydrogens is 374 g/mol. The van der Waals surface area contributed by atoms with Gasteiger partial charge < -0.3 is 20.5 Å². The maximum absolute atomic E-state index is 12.5. The van der Waals surface area contributed by atoms with Crippen LogP contribution < -0.4 is 20.5 Å². The van der Waals surface area contributed by atoms with E-state index in [0.717, 1.165) is 18.4 Å². The topological polar surface area (TPSA) is 117 Å². The van der Waals surface area contributed by atoms with Crippen molar-refractivity contribution in [2.24, 2.45) is 0 Å². The molecule has 0 saturated heterocycles. The van der Waals surface area contributed by atoms with E-state index < -0.39 is 10.8 Å². The van der Waals surface area contributed by atoms with Crippen LogP contribution in [0.5, 0.6) is 11.5 Å². The number of nitrogens with one attached hydrogen (secondary N) is 1. The Hall–Kier alpha value is -3.29. The predicted octanol–water partition coefficient (Wildman–Crippen LogP) is 4.25. The highest BCUT2D eigenvalue weighted by Crippen LogP contribution is 2.31. The monoisotopic (exact) mass is 401 g/mol. The number of ether oxygens (including phenoxy) is 2. The van der Waals surface area contributed by atoms with Crippen LogP contribution in [-0.4, -0.2) is 24.0 Å². The van der Waals surface area contributed by atoms with Gasteiger partial charge >= 0.3 is 0 Å².